The number of rotatable bonds is 4. The Morgan fingerprint density at radius 3 is 2.81 bits per heavy atom. The fourth-order valence-corrected chi connectivity index (χ4v) is 1.36. The summed E-state index contributed by atoms with van der Waals surface area (Å²) in [5.74, 6) is 1.64. The van der Waals surface area contributed by atoms with Crippen LogP contribution in [0.4, 0.5) is 0 Å². The van der Waals surface area contributed by atoms with E-state index in [-0.39, 0.29) is 5.91 Å². The van der Waals surface area contributed by atoms with E-state index in [1.807, 2.05) is 13.0 Å². The molecule has 2 aromatic heterocycles. The van der Waals surface area contributed by atoms with Crippen LogP contribution in [0.5, 0.6) is 0 Å². The van der Waals surface area contributed by atoms with Gasteiger partial charge in [0.25, 0.3) is 5.91 Å². The van der Waals surface area contributed by atoms with Gasteiger partial charge in [-0.25, -0.2) is 0 Å². The molecule has 1 N–H and O–H groups in total. The van der Waals surface area contributed by atoms with Crippen LogP contribution in [0, 0.1) is 0 Å². The lowest BCUT2D eigenvalue weighted by molar-refractivity contribution is 0.0918. The molecule has 0 saturated heterocycles. The van der Waals surface area contributed by atoms with E-state index in [0.717, 1.165) is 17.9 Å². The summed E-state index contributed by atoms with van der Waals surface area (Å²) in [7, 11) is 0. The molecule has 0 aliphatic rings. The van der Waals surface area contributed by atoms with Crippen molar-refractivity contribution in [1.82, 2.24) is 5.32 Å². The molecule has 2 aromatic rings. The van der Waals surface area contributed by atoms with Gasteiger partial charge in [-0.15, -0.1) is 0 Å². The highest BCUT2D eigenvalue weighted by molar-refractivity contribution is 5.91. The van der Waals surface area contributed by atoms with Gasteiger partial charge in [0, 0.05) is 6.42 Å². The lowest BCUT2D eigenvalue weighted by Gasteiger charge is -1.99. The van der Waals surface area contributed by atoms with E-state index in [9.17, 15) is 4.79 Å². The Bertz CT molecular complexity index is 456. The predicted molar refractivity (Wildman–Crippen MR) is 58.0 cm³/mol. The zero-order valence-corrected chi connectivity index (χ0v) is 9.03. The lowest BCUT2D eigenvalue weighted by atomic mass is 10.3. The minimum absolute atomic E-state index is 0.226. The summed E-state index contributed by atoms with van der Waals surface area (Å²) in [5.41, 5.74) is 0. The highest BCUT2D eigenvalue weighted by atomic mass is 16.4. The minimum atomic E-state index is -0.226. The average Bonchev–Trinajstić information content (AvgIpc) is 2.96. The van der Waals surface area contributed by atoms with E-state index in [0.29, 0.717) is 12.3 Å². The molecule has 0 bridgehead atoms. The molecule has 0 fully saturated rings. The van der Waals surface area contributed by atoms with E-state index < -0.39 is 0 Å². The zero-order valence-electron chi connectivity index (χ0n) is 9.03. The van der Waals surface area contributed by atoms with Crippen LogP contribution in [0.3, 0.4) is 0 Å². The van der Waals surface area contributed by atoms with Crippen molar-refractivity contribution in [2.24, 2.45) is 0 Å². The van der Waals surface area contributed by atoms with Crippen LogP contribution in [-0.2, 0) is 13.0 Å². The van der Waals surface area contributed by atoms with Gasteiger partial charge < -0.3 is 14.2 Å². The summed E-state index contributed by atoms with van der Waals surface area (Å²) in [5, 5.41) is 2.71. The molecule has 2 rings (SSSR count). The standard InChI is InChI=1S/C12H13NO3/c1-2-9-5-6-11(16-9)12(14)13-8-10-4-3-7-15-10/h3-7H,2,8H2,1H3,(H,13,14). The summed E-state index contributed by atoms with van der Waals surface area (Å²) in [4.78, 5) is 11.6. The Labute approximate surface area is 93.2 Å². The summed E-state index contributed by atoms with van der Waals surface area (Å²) >= 11 is 0. The van der Waals surface area contributed by atoms with Gasteiger partial charge in [0.15, 0.2) is 5.76 Å². The van der Waals surface area contributed by atoms with Gasteiger partial charge in [-0.3, -0.25) is 4.79 Å². The Kier molecular flexibility index (Phi) is 3.10. The van der Waals surface area contributed by atoms with E-state index in [1.165, 1.54) is 0 Å². The summed E-state index contributed by atoms with van der Waals surface area (Å²) in [6, 6.07) is 7.07. The molecule has 16 heavy (non-hydrogen) atoms. The molecular weight excluding hydrogens is 206 g/mol. The van der Waals surface area contributed by atoms with Crippen LogP contribution < -0.4 is 5.32 Å². The summed E-state index contributed by atoms with van der Waals surface area (Å²) in [6.45, 7) is 2.34. The third-order valence-corrected chi connectivity index (χ3v) is 2.24. The van der Waals surface area contributed by atoms with E-state index >= 15 is 0 Å². The van der Waals surface area contributed by atoms with E-state index in [4.69, 9.17) is 8.83 Å². The maximum absolute atomic E-state index is 11.6. The van der Waals surface area contributed by atoms with Crippen molar-refractivity contribution in [3.63, 3.8) is 0 Å². The van der Waals surface area contributed by atoms with Crippen LogP contribution in [-0.4, -0.2) is 5.91 Å². The first kappa shape index (κ1) is 10.5. The third-order valence-electron chi connectivity index (χ3n) is 2.24. The fourth-order valence-electron chi connectivity index (χ4n) is 1.36. The quantitative estimate of drug-likeness (QED) is 0.858. The van der Waals surface area contributed by atoms with E-state index in [1.54, 1.807) is 24.5 Å². The van der Waals surface area contributed by atoms with Gasteiger partial charge >= 0.3 is 0 Å². The Morgan fingerprint density at radius 1 is 1.31 bits per heavy atom. The molecule has 0 aliphatic heterocycles. The molecule has 0 aromatic carbocycles. The van der Waals surface area contributed by atoms with Crippen LogP contribution in [0.1, 0.15) is 29.0 Å². The molecule has 2 heterocycles. The summed E-state index contributed by atoms with van der Waals surface area (Å²) in [6.07, 6.45) is 2.36. The molecule has 0 atom stereocenters. The van der Waals surface area contributed by atoms with Gasteiger partial charge in [-0.1, -0.05) is 6.92 Å². The molecule has 4 nitrogen and oxygen atoms in total. The second kappa shape index (κ2) is 4.70. The first-order valence-electron chi connectivity index (χ1n) is 5.19. The molecular formula is C12H13NO3. The van der Waals surface area contributed by atoms with Gasteiger partial charge in [-0.05, 0) is 24.3 Å². The fraction of sp³-hybridized carbons (Fsp3) is 0.250. The molecule has 0 radical (unpaired) electrons. The van der Waals surface area contributed by atoms with E-state index in [2.05, 4.69) is 5.32 Å². The minimum Gasteiger partial charge on any atom is -0.467 e. The third kappa shape index (κ3) is 2.34. The van der Waals surface area contributed by atoms with Crippen molar-refractivity contribution in [3.8, 4) is 0 Å². The monoisotopic (exact) mass is 219 g/mol. The maximum atomic E-state index is 11.6. The first-order valence-corrected chi connectivity index (χ1v) is 5.19. The first-order chi connectivity index (χ1) is 7.79. The van der Waals surface area contributed by atoms with Crippen LogP contribution in [0.15, 0.2) is 39.4 Å². The maximum Gasteiger partial charge on any atom is 0.287 e. The van der Waals surface area contributed by atoms with Crippen LogP contribution >= 0.6 is 0 Å². The number of aryl methyl sites for hydroxylation is 1. The number of hydrogen-bond acceptors (Lipinski definition) is 3. The van der Waals surface area contributed by atoms with Crippen molar-refractivity contribution in [2.45, 2.75) is 19.9 Å². The van der Waals surface area contributed by atoms with Crippen molar-refractivity contribution in [1.29, 1.82) is 0 Å². The SMILES string of the molecule is CCc1ccc(C(=O)NCc2ccco2)o1. The van der Waals surface area contributed by atoms with Crippen LogP contribution in [0.25, 0.3) is 0 Å². The second-order valence-corrected chi connectivity index (χ2v) is 3.38. The lowest BCUT2D eigenvalue weighted by Crippen LogP contribution is -2.21. The largest absolute Gasteiger partial charge is 0.467 e. The molecule has 0 unspecified atom stereocenters. The Hall–Kier alpha value is -1.97. The molecule has 1 amide bonds. The number of furan rings is 2. The number of amides is 1. The average molecular weight is 219 g/mol. The van der Waals surface area contributed by atoms with Crippen molar-refractivity contribution in [2.75, 3.05) is 0 Å². The normalized spacial score (nSPS) is 10.3. The number of carbonyl (C=O) groups is 1. The molecule has 84 valence electrons. The second-order valence-electron chi connectivity index (χ2n) is 3.38. The molecule has 0 saturated carbocycles. The molecule has 4 heteroatoms. The highest BCUT2D eigenvalue weighted by Crippen LogP contribution is 2.08. The predicted octanol–water partition coefficient (Wildman–Crippen LogP) is 2.37. The summed E-state index contributed by atoms with van der Waals surface area (Å²) < 4.78 is 10.4. The highest BCUT2D eigenvalue weighted by Gasteiger charge is 2.10. The molecule has 0 spiro atoms. The van der Waals surface area contributed by atoms with Gasteiger partial charge in [0.1, 0.15) is 11.5 Å². The topological polar surface area (TPSA) is 55.4 Å². The Balaban J connectivity index is 1.93. The van der Waals surface area contributed by atoms with Crippen molar-refractivity contribution < 1.29 is 13.6 Å². The smallest absolute Gasteiger partial charge is 0.287 e. The van der Waals surface area contributed by atoms with Crippen molar-refractivity contribution in [3.05, 3.63) is 47.8 Å². The number of carbonyl (C=O) groups excluding carboxylic acids is 1. The van der Waals surface area contributed by atoms with Gasteiger partial charge in [0.05, 0.1) is 12.8 Å². The zero-order chi connectivity index (χ0) is 11.4. The van der Waals surface area contributed by atoms with Crippen LogP contribution in [0.2, 0.25) is 0 Å². The molecule has 0 aliphatic carbocycles. The van der Waals surface area contributed by atoms with Gasteiger partial charge in [-0.2, -0.15) is 0 Å². The number of hydrogen-bond donors (Lipinski definition) is 1. The van der Waals surface area contributed by atoms with Crippen molar-refractivity contribution >= 4 is 5.91 Å². The number of nitrogens with one attached hydrogen (secondary N) is 1. The van der Waals surface area contributed by atoms with Gasteiger partial charge in [0.2, 0.25) is 0 Å². The Morgan fingerprint density at radius 2 is 2.19 bits per heavy atom.